The Labute approximate surface area is 164 Å². The summed E-state index contributed by atoms with van der Waals surface area (Å²) in [4.78, 5) is 0. The number of hydrogen-bond acceptors (Lipinski definition) is 1. The second kappa shape index (κ2) is 8.94. The van der Waals surface area contributed by atoms with Gasteiger partial charge in [0.15, 0.2) is 0 Å². The molecule has 0 nitrogen and oxygen atoms in total. The molecular weight excluding hydrogens is 351 g/mol. The molecule has 0 saturated heterocycles. The van der Waals surface area contributed by atoms with Crippen LogP contribution in [0.1, 0.15) is 6.42 Å². The molecular formula is C24H21PS. The van der Waals surface area contributed by atoms with Gasteiger partial charge in [-0.2, -0.15) is 11.8 Å². The van der Waals surface area contributed by atoms with Crippen molar-refractivity contribution in [1.29, 1.82) is 0 Å². The molecule has 26 heavy (non-hydrogen) atoms. The van der Waals surface area contributed by atoms with Gasteiger partial charge in [-0.3, -0.25) is 0 Å². The molecule has 0 aliphatic heterocycles. The van der Waals surface area contributed by atoms with E-state index in [1.54, 1.807) is 0 Å². The SMILES string of the molecule is CS[C]1[CH][CH][CH][C]1C[C]1[CH][CH][CH][C]1P(c1ccccc1)c1ccccc1. The fraction of sp³-hybridized carbons (Fsp3) is 0.0833. The highest BCUT2D eigenvalue weighted by molar-refractivity contribution is 8.01. The molecule has 0 aromatic heterocycles. The van der Waals surface area contributed by atoms with Crippen molar-refractivity contribution in [3.63, 3.8) is 0 Å². The van der Waals surface area contributed by atoms with Crippen molar-refractivity contribution in [2.45, 2.75) is 6.42 Å². The van der Waals surface area contributed by atoms with Crippen molar-refractivity contribution in [1.82, 2.24) is 0 Å². The number of thioether (sulfide) groups is 1. The van der Waals surface area contributed by atoms with Crippen LogP contribution in [0, 0.1) is 61.3 Å². The molecule has 0 amide bonds. The molecule has 2 heteroatoms. The molecule has 2 aliphatic carbocycles. The van der Waals surface area contributed by atoms with Crippen LogP contribution in [0.4, 0.5) is 0 Å². The second-order valence-electron chi connectivity index (χ2n) is 6.24. The first-order valence-corrected chi connectivity index (χ1v) is 11.4. The third kappa shape index (κ3) is 4.05. The molecule has 0 N–H and O–H groups in total. The summed E-state index contributed by atoms with van der Waals surface area (Å²) < 4.78 is 0. The third-order valence-corrected chi connectivity index (χ3v) is 8.00. The third-order valence-electron chi connectivity index (χ3n) is 4.61. The first-order chi connectivity index (χ1) is 12.9. The zero-order chi connectivity index (χ0) is 17.8. The van der Waals surface area contributed by atoms with Gasteiger partial charge in [0.05, 0.1) is 0 Å². The Hall–Kier alpha value is -0.780. The van der Waals surface area contributed by atoms with Crippen LogP contribution in [0.2, 0.25) is 0 Å². The Morgan fingerprint density at radius 3 is 1.88 bits per heavy atom. The second-order valence-corrected chi connectivity index (χ2v) is 9.27. The lowest BCUT2D eigenvalue weighted by atomic mass is 9.92. The quantitative estimate of drug-likeness (QED) is 0.617. The minimum absolute atomic E-state index is 0.532. The summed E-state index contributed by atoms with van der Waals surface area (Å²) in [5, 5.41) is 4.21. The molecule has 0 heterocycles. The van der Waals surface area contributed by atoms with E-state index < -0.39 is 7.92 Å². The van der Waals surface area contributed by atoms with Crippen LogP contribution in [-0.4, -0.2) is 6.26 Å². The smallest absolute Gasteiger partial charge is 0.0411 e. The van der Waals surface area contributed by atoms with Gasteiger partial charge in [0.2, 0.25) is 0 Å². The maximum absolute atomic E-state index is 2.32. The molecule has 2 saturated carbocycles. The van der Waals surface area contributed by atoms with E-state index in [2.05, 4.69) is 105 Å². The zero-order valence-corrected chi connectivity index (χ0v) is 16.5. The van der Waals surface area contributed by atoms with Crippen LogP contribution < -0.4 is 10.6 Å². The lowest BCUT2D eigenvalue weighted by Crippen LogP contribution is -2.20. The van der Waals surface area contributed by atoms with Gasteiger partial charge in [-0.05, 0) is 81.6 Å². The van der Waals surface area contributed by atoms with Gasteiger partial charge in [-0.25, -0.2) is 0 Å². The summed E-state index contributed by atoms with van der Waals surface area (Å²) in [6, 6.07) is 21.9. The molecule has 2 aliphatic rings. The first-order valence-electron chi connectivity index (χ1n) is 8.80. The molecule has 0 unspecified atom stereocenters. The van der Waals surface area contributed by atoms with Crippen molar-refractivity contribution >= 4 is 30.3 Å². The highest BCUT2D eigenvalue weighted by Gasteiger charge is 2.40. The Morgan fingerprint density at radius 1 is 0.692 bits per heavy atom. The number of rotatable bonds is 6. The van der Waals surface area contributed by atoms with Gasteiger partial charge in [0.25, 0.3) is 0 Å². The summed E-state index contributed by atoms with van der Waals surface area (Å²) in [5.74, 6) is 2.88. The molecule has 0 bridgehead atoms. The molecule has 2 aromatic carbocycles. The van der Waals surface area contributed by atoms with Gasteiger partial charge in [0.1, 0.15) is 0 Å². The molecule has 2 aromatic rings. The first kappa shape index (κ1) is 18.6. The van der Waals surface area contributed by atoms with Crippen LogP contribution in [-0.2, 0) is 0 Å². The van der Waals surface area contributed by atoms with Gasteiger partial charge >= 0.3 is 0 Å². The van der Waals surface area contributed by atoms with E-state index in [-0.39, 0.29) is 0 Å². The summed E-state index contributed by atoms with van der Waals surface area (Å²) in [6.07, 6.45) is 16.6. The standard InChI is InChI=1S/C24H21PS/c1-26-24-17-9-11-20(24)18-19-10-8-16-23(19)25(21-12-4-2-5-13-21)22-14-6-3-7-15-22/h2-17H,18H2,1H3. The maximum Gasteiger partial charge on any atom is 0.0411 e. The summed E-state index contributed by atoms with van der Waals surface area (Å²) in [6.45, 7) is 0. The molecule has 0 atom stereocenters. The lowest BCUT2D eigenvalue weighted by molar-refractivity contribution is 0.930. The Bertz CT molecular complexity index is 632. The van der Waals surface area contributed by atoms with Crippen molar-refractivity contribution in [3.05, 3.63) is 122 Å². The highest BCUT2D eigenvalue weighted by atomic mass is 32.2. The molecule has 0 spiro atoms. The topological polar surface area (TPSA) is 0 Å². The summed E-state index contributed by atoms with van der Waals surface area (Å²) in [5.41, 5.74) is 1.48. The monoisotopic (exact) mass is 372 g/mol. The molecule has 4 rings (SSSR count). The van der Waals surface area contributed by atoms with E-state index in [0.717, 1.165) is 6.42 Å². The summed E-state index contributed by atoms with van der Waals surface area (Å²) >= 11 is 1.84. The average molecular weight is 372 g/mol. The molecule has 10 radical (unpaired) electrons. The minimum Gasteiger partial charge on any atom is -0.156 e. The molecule has 2 fully saturated rings. The lowest BCUT2D eigenvalue weighted by Gasteiger charge is -2.31. The van der Waals surface area contributed by atoms with Gasteiger partial charge < -0.3 is 0 Å². The predicted octanol–water partition coefficient (Wildman–Crippen LogP) is 5.34. The van der Waals surface area contributed by atoms with Crippen LogP contribution >= 0.6 is 19.7 Å². The van der Waals surface area contributed by atoms with E-state index >= 15 is 0 Å². The van der Waals surface area contributed by atoms with Gasteiger partial charge in [-0.1, -0.05) is 60.7 Å². The van der Waals surface area contributed by atoms with Gasteiger partial charge in [-0.15, -0.1) is 0 Å². The predicted molar refractivity (Wildman–Crippen MR) is 116 cm³/mol. The van der Waals surface area contributed by atoms with E-state index in [1.165, 1.54) is 33.4 Å². The van der Waals surface area contributed by atoms with Crippen LogP contribution in [0.5, 0.6) is 0 Å². The summed E-state index contributed by atoms with van der Waals surface area (Å²) in [7, 11) is -0.532. The normalized spacial score (nSPS) is 20.4. The average Bonchev–Trinajstić information content (AvgIpc) is 3.34. The van der Waals surface area contributed by atoms with E-state index in [1.807, 2.05) is 11.8 Å². The van der Waals surface area contributed by atoms with Crippen LogP contribution in [0.3, 0.4) is 0 Å². The minimum atomic E-state index is -0.532. The van der Waals surface area contributed by atoms with Crippen LogP contribution in [0.25, 0.3) is 0 Å². The molecule has 128 valence electrons. The zero-order valence-electron chi connectivity index (χ0n) is 14.8. The van der Waals surface area contributed by atoms with Crippen molar-refractivity contribution in [2.75, 3.05) is 6.26 Å². The number of benzene rings is 2. The highest BCUT2D eigenvalue weighted by Crippen LogP contribution is 2.59. The Morgan fingerprint density at radius 2 is 1.27 bits per heavy atom. The van der Waals surface area contributed by atoms with Crippen molar-refractivity contribution < 1.29 is 0 Å². The van der Waals surface area contributed by atoms with Crippen molar-refractivity contribution in [2.24, 2.45) is 0 Å². The fourth-order valence-corrected chi connectivity index (χ4v) is 6.48. The van der Waals surface area contributed by atoms with Crippen LogP contribution in [0.15, 0.2) is 60.7 Å². The van der Waals surface area contributed by atoms with Crippen molar-refractivity contribution in [3.8, 4) is 0 Å². The Balaban J connectivity index is 1.60. The van der Waals surface area contributed by atoms with E-state index in [4.69, 9.17) is 0 Å². The van der Waals surface area contributed by atoms with E-state index in [0.29, 0.717) is 0 Å². The fourth-order valence-electron chi connectivity index (χ4n) is 3.39. The van der Waals surface area contributed by atoms with E-state index in [9.17, 15) is 0 Å². The largest absolute Gasteiger partial charge is 0.156 e. The number of hydrogen-bond donors (Lipinski definition) is 0. The van der Waals surface area contributed by atoms with Gasteiger partial charge in [0, 0.05) is 10.9 Å². The maximum atomic E-state index is 2.32. The Kier molecular flexibility index (Phi) is 6.39.